The summed E-state index contributed by atoms with van der Waals surface area (Å²) in [6.07, 6.45) is -2.24. The number of aliphatic carboxylic acids is 1. The molecule has 0 aliphatic rings. The van der Waals surface area contributed by atoms with Gasteiger partial charge in [-0.1, -0.05) is 0 Å². The molecule has 0 saturated heterocycles. The second-order valence-electron chi connectivity index (χ2n) is 8.03. The molecule has 0 aromatic rings. The largest absolute Gasteiger partial charge is 0.480 e. The van der Waals surface area contributed by atoms with Crippen molar-refractivity contribution in [1.82, 2.24) is 10.6 Å². The molecule has 22 heteroatoms. The number of nitrogens with one attached hydrogen (secondary N) is 2. The molecule has 40 heavy (non-hydrogen) atoms. The van der Waals surface area contributed by atoms with Gasteiger partial charge in [0.1, 0.15) is 31.5 Å². The molecule has 0 aromatic heterocycles. The molecule has 0 bridgehead atoms. The van der Waals surface area contributed by atoms with Gasteiger partial charge in [-0.05, 0) is 44.9 Å². The Balaban J connectivity index is 4.28. The number of carbonyl (C=O) groups is 3. The van der Waals surface area contributed by atoms with Crippen molar-refractivity contribution < 1.29 is 59.2 Å². The third-order valence-electron chi connectivity index (χ3n) is 4.94. The predicted octanol–water partition coefficient (Wildman–Crippen LogP) is -0.247. The highest BCUT2D eigenvalue weighted by Gasteiger charge is 2.21. The summed E-state index contributed by atoms with van der Waals surface area (Å²) < 4.78 is 0. The maximum Gasteiger partial charge on any atom is 0.326 e. The van der Waals surface area contributed by atoms with Gasteiger partial charge in [0, 0.05) is 19.4 Å². The van der Waals surface area contributed by atoms with Crippen LogP contribution in [0.25, 0.3) is 0 Å². The number of carbonyl (C=O) groups excluding carboxylic acids is 2. The molecule has 3 unspecified atom stereocenters. The number of carboxylic acids is 1. The van der Waals surface area contributed by atoms with Crippen LogP contribution in [0.15, 0.2) is 0 Å². The van der Waals surface area contributed by atoms with E-state index in [1.807, 2.05) is 0 Å². The van der Waals surface area contributed by atoms with Gasteiger partial charge in [-0.25, -0.2) is 4.79 Å². The fourth-order valence-electron chi connectivity index (χ4n) is 3.16. The van der Waals surface area contributed by atoms with E-state index in [2.05, 4.69) is 30.0 Å². The summed E-state index contributed by atoms with van der Waals surface area (Å²) in [6, 6.07) is -1.24. The van der Waals surface area contributed by atoms with Crippen LogP contribution in [0.1, 0.15) is 57.8 Å². The van der Waals surface area contributed by atoms with Crippen molar-refractivity contribution in [2.75, 3.05) is 19.8 Å². The Morgan fingerprint density at radius 2 is 1.15 bits per heavy atom. The van der Waals surface area contributed by atoms with E-state index >= 15 is 0 Å². The minimum absolute atomic E-state index is 0.00849. The minimum atomic E-state index is -1.31. The number of rotatable bonds is 25. The van der Waals surface area contributed by atoms with E-state index < -0.39 is 69.6 Å². The second-order valence-corrected chi connectivity index (χ2v) is 8.03. The fourth-order valence-corrected chi connectivity index (χ4v) is 3.16. The highest BCUT2D eigenvalue weighted by Crippen LogP contribution is 2.09. The summed E-state index contributed by atoms with van der Waals surface area (Å²) in [5.74, 6) is -2.39. The first kappa shape index (κ1) is 35.2. The molecular weight excluding hydrogens is 556 g/mol. The maximum absolute atomic E-state index is 12.1. The van der Waals surface area contributed by atoms with Crippen molar-refractivity contribution in [2.45, 2.75) is 76.0 Å². The molecule has 0 radical (unpaired) electrons. The summed E-state index contributed by atoms with van der Waals surface area (Å²) >= 11 is 0. The lowest BCUT2D eigenvalue weighted by Crippen LogP contribution is -2.40. The first-order valence-electron chi connectivity index (χ1n) is 11.8. The molecule has 2 amide bonds. The molecule has 228 valence electrons. The molecule has 3 atom stereocenters. The summed E-state index contributed by atoms with van der Waals surface area (Å²) in [7, 11) is 0. The normalized spacial score (nSPS) is 12.6. The van der Waals surface area contributed by atoms with Crippen LogP contribution >= 0.6 is 0 Å². The van der Waals surface area contributed by atoms with E-state index in [-0.39, 0.29) is 51.5 Å². The lowest BCUT2D eigenvalue weighted by molar-refractivity contribution is -0.790. The minimum Gasteiger partial charge on any atom is -0.480 e. The quantitative estimate of drug-likeness (QED) is 0.0705. The molecule has 3 N–H and O–H groups in total. The highest BCUT2D eigenvalue weighted by molar-refractivity contribution is 5.83. The fraction of sp³-hybridized carbons (Fsp3) is 0.833. The number of amides is 2. The van der Waals surface area contributed by atoms with Gasteiger partial charge in [0.05, 0.1) is 0 Å². The Hall–Kier alpha value is -4.79. The van der Waals surface area contributed by atoms with E-state index in [1.165, 1.54) is 0 Å². The molecule has 0 heterocycles. The van der Waals surface area contributed by atoms with Crippen LogP contribution in [0.3, 0.4) is 0 Å². The smallest absolute Gasteiger partial charge is 0.326 e. The molecule has 0 aliphatic heterocycles. The zero-order chi connectivity index (χ0) is 30.5. The standard InChI is InChI=1S/C18H30N6O16/c25-16(8-3-5-13(39-23(33)34)11-37-21(29)30)19-10-2-1-7-15(18(27)28)20-17(26)9-4-6-14(40-24(35)36)12-38-22(31)32/h13-15H,1-12H2,(H,19,25)(H,20,26)(H,27,28). The Morgan fingerprint density at radius 1 is 0.675 bits per heavy atom. The van der Waals surface area contributed by atoms with Gasteiger partial charge < -0.3 is 35.1 Å². The average molecular weight is 586 g/mol. The molecule has 0 aromatic carbocycles. The number of hydrogen-bond acceptors (Lipinski definition) is 15. The molecular formula is C18H30N6O16. The Morgan fingerprint density at radius 3 is 1.57 bits per heavy atom. The van der Waals surface area contributed by atoms with Crippen molar-refractivity contribution >= 4 is 17.8 Å². The van der Waals surface area contributed by atoms with Crippen LogP contribution in [0.2, 0.25) is 0 Å². The molecule has 0 rings (SSSR count). The van der Waals surface area contributed by atoms with E-state index in [1.54, 1.807) is 0 Å². The third kappa shape index (κ3) is 20.3. The summed E-state index contributed by atoms with van der Waals surface area (Å²) in [4.78, 5) is 93.2. The molecule has 0 fully saturated rings. The van der Waals surface area contributed by atoms with Crippen LogP contribution in [0.4, 0.5) is 0 Å². The van der Waals surface area contributed by atoms with Crippen molar-refractivity contribution in [3.05, 3.63) is 40.5 Å². The van der Waals surface area contributed by atoms with Crippen molar-refractivity contribution in [1.29, 1.82) is 0 Å². The van der Waals surface area contributed by atoms with Gasteiger partial charge in [-0.2, -0.15) is 0 Å². The van der Waals surface area contributed by atoms with Crippen molar-refractivity contribution in [3.8, 4) is 0 Å². The van der Waals surface area contributed by atoms with E-state index in [0.29, 0.717) is 12.8 Å². The number of unbranched alkanes of at least 4 members (excludes halogenated alkanes) is 1. The summed E-state index contributed by atoms with van der Waals surface area (Å²) in [5, 5.41) is 50.9. The topological polar surface area (TPSA) is 305 Å². The third-order valence-corrected chi connectivity index (χ3v) is 4.94. The lowest BCUT2D eigenvalue weighted by Gasteiger charge is -2.16. The van der Waals surface area contributed by atoms with E-state index in [0.717, 1.165) is 0 Å². The molecule has 0 aliphatic carbocycles. The Labute approximate surface area is 224 Å². The van der Waals surface area contributed by atoms with Crippen molar-refractivity contribution in [3.63, 3.8) is 0 Å². The Bertz CT molecular complexity index is 873. The number of carboxylic acid groups (broad SMARTS) is 1. The number of nitrogens with zero attached hydrogens (tertiary/aromatic N) is 4. The monoisotopic (exact) mass is 586 g/mol. The predicted molar refractivity (Wildman–Crippen MR) is 124 cm³/mol. The molecule has 22 nitrogen and oxygen atoms in total. The van der Waals surface area contributed by atoms with Crippen LogP contribution in [-0.4, -0.2) is 81.2 Å². The molecule has 0 spiro atoms. The number of hydrogen-bond donors (Lipinski definition) is 3. The van der Waals surface area contributed by atoms with Gasteiger partial charge in [-0.15, -0.1) is 40.5 Å². The SMILES string of the molecule is O=C(CCCC(CO[N+](=O)[O-])O[N+](=O)[O-])NCCCCC(NC(=O)CCCC(CO[N+](=O)[O-])O[N+](=O)[O-])C(=O)O. The maximum atomic E-state index is 12.1. The Kier molecular flexibility index (Phi) is 17.8. The highest BCUT2D eigenvalue weighted by atomic mass is 17.0. The van der Waals surface area contributed by atoms with Gasteiger partial charge in [0.2, 0.25) is 11.8 Å². The van der Waals surface area contributed by atoms with Crippen LogP contribution in [-0.2, 0) is 33.7 Å². The van der Waals surface area contributed by atoms with Gasteiger partial charge in [0.25, 0.3) is 20.3 Å². The van der Waals surface area contributed by atoms with Crippen molar-refractivity contribution in [2.24, 2.45) is 0 Å². The van der Waals surface area contributed by atoms with Crippen LogP contribution < -0.4 is 10.6 Å². The average Bonchev–Trinajstić information content (AvgIpc) is 2.83. The van der Waals surface area contributed by atoms with Crippen LogP contribution in [0, 0.1) is 40.5 Å². The van der Waals surface area contributed by atoms with Gasteiger partial charge in [-0.3, -0.25) is 9.59 Å². The van der Waals surface area contributed by atoms with Crippen LogP contribution in [0.5, 0.6) is 0 Å². The lowest BCUT2D eigenvalue weighted by atomic mass is 10.1. The zero-order valence-corrected chi connectivity index (χ0v) is 21.1. The first-order chi connectivity index (χ1) is 18.8. The zero-order valence-electron chi connectivity index (χ0n) is 21.1. The van der Waals surface area contributed by atoms with E-state index in [4.69, 9.17) is 0 Å². The molecule has 0 saturated carbocycles. The second kappa shape index (κ2) is 20.2. The van der Waals surface area contributed by atoms with Gasteiger partial charge >= 0.3 is 5.97 Å². The van der Waals surface area contributed by atoms with E-state index in [9.17, 15) is 59.9 Å². The first-order valence-corrected chi connectivity index (χ1v) is 11.8. The summed E-state index contributed by atoms with van der Waals surface area (Å²) in [6.45, 7) is -1.23. The summed E-state index contributed by atoms with van der Waals surface area (Å²) in [5.41, 5.74) is 0. The van der Waals surface area contributed by atoms with Gasteiger partial charge in [0.15, 0.2) is 0 Å².